The van der Waals surface area contributed by atoms with E-state index < -0.39 is 6.10 Å². The predicted octanol–water partition coefficient (Wildman–Crippen LogP) is 0.0589. The Kier molecular flexibility index (Phi) is 6.02. The highest BCUT2D eigenvalue weighted by molar-refractivity contribution is 7.99. The summed E-state index contributed by atoms with van der Waals surface area (Å²) in [5.74, 6) is 0.136. The number of aliphatic hydroxyl groups is 1. The van der Waals surface area contributed by atoms with Crippen LogP contribution in [-0.2, 0) is 4.79 Å². The highest BCUT2D eigenvalue weighted by Gasteiger charge is 2.26. The summed E-state index contributed by atoms with van der Waals surface area (Å²) in [5, 5.41) is 10.1. The highest BCUT2D eigenvalue weighted by Crippen LogP contribution is 2.18. The normalized spacial score (nSPS) is 23.7. The summed E-state index contributed by atoms with van der Waals surface area (Å²) in [7, 11) is 0. The van der Waals surface area contributed by atoms with E-state index in [1.807, 2.05) is 0 Å². The Bertz CT molecular complexity index is 461. The monoisotopic (exact) mass is 313 g/mol. The molecule has 6 heteroatoms. The molecule has 4 N–H and O–H groups in total. The van der Waals surface area contributed by atoms with Crippen LogP contribution in [0.25, 0.3) is 0 Å². The molecule has 116 valence electrons. The van der Waals surface area contributed by atoms with Crippen molar-refractivity contribution in [3.63, 3.8) is 0 Å². The molecule has 4 nitrogen and oxygen atoms in total. The first-order valence-electron chi connectivity index (χ1n) is 7.24. The van der Waals surface area contributed by atoms with Crippen LogP contribution in [0.4, 0.5) is 4.39 Å². The van der Waals surface area contributed by atoms with Gasteiger partial charge < -0.3 is 15.7 Å². The molecular weight excluding hydrogens is 291 g/mol. The van der Waals surface area contributed by atoms with Crippen molar-refractivity contribution in [2.45, 2.75) is 23.8 Å². The van der Waals surface area contributed by atoms with Gasteiger partial charge >= 0.3 is 0 Å². The maximum Gasteiger partial charge on any atom is 0.220 e. The maximum absolute atomic E-state index is 12.8. The van der Waals surface area contributed by atoms with Gasteiger partial charge in [-0.1, -0.05) is 0 Å². The van der Waals surface area contributed by atoms with Crippen molar-refractivity contribution < 1.29 is 19.2 Å². The summed E-state index contributed by atoms with van der Waals surface area (Å²) in [4.78, 5) is 13.4. The van der Waals surface area contributed by atoms with Gasteiger partial charge in [0.05, 0.1) is 13.1 Å². The Labute approximate surface area is 128 Å². The molecule has 1 amide bonds. The molecule has 21 heavy (non-hydrogen) atoms. The van der Waals surface area contributed by atoms with Crippen molar-refractivity contribution in [1.29, 1.82) is 0 Å². The molecule has 2 rings (SSSR count). The lowest BCUT2D eigenvalue weighted by molar-refractivity contribution is -0.908. The quantitative estimate of drug-likeness (QED) is 0.651. The first kappa shape index (κ1) is 16.3. The Hall–Kier alpha value is -1.11. The third-order valence-electron chi connectivity index (χ3n) is 3.88. The Balaban J connectivity index is 1.69. The second-order valence-electron chi connectivity index (χ2n) is 5.55. The molecule has 1 aliphatic rings. The van der Waals surface area contributed by atoms with Crippen molar-refractivity contribution in [1.82, 2.24) is 0 Å². The highest BCUT2D eigenvalue weighted by atomic mass is 32.2. The number of primary amides is 1. The lowest BCUT2D eigenvalue weighted by atomic mass is 9.96. The number of amides is 1. The van der Waals surface area contributed by atoms with Gasteiger partial charge in [-0.05, 0) is 24.3 Å². The number of likely N-dealkylation sites (tertiary alicyclic amines) is 1. The van der Waals surface area contributed by atoms with Crippen LogP contribution >= 0.6 is 11.8 Å². The molecule has 0 aromatic heterocycles. The first-order valence-corrected chi connectivity index (χ1v) is 8.22. The second-order valence-corrected chi connectivity index (χ2v) is 6.64. The van der Waals surface area contributed by atoms with Gasteiger partial charge in [0.1, 0.15) is 18.5 Å². The Morgan fingerprint density at radius 2 is 2.00 bits per heavy atom. The largest absolute Gasteiger partial charge is 0.386 e. The first-order chi connectivity index (χ1) is 10.0. The summed E-state index contributed by atoms with van der Waals surface area (Å²) in [6.45, 7) is 2.44. The number of nitrogens with one attached hydrogen (secondary N) is 1. The molecule has 1 aromatic carbocycles. The number of carbonyl (C=O) groups is 1. The number of hydrogen-bond donors (Lipinski definition) is 3. The number of quaternary nitrogens is 1. The molecule has 1 aliphatic heterocycles. The van der Waals surface area contributed by atoms with E-state index in [0.717, 1.165) is 30.8 Å². The summed E-state index contributed by atoms with van der Waals surface area (Å²) in [6, 6.07) is 6.29. The van der Waals surface area contributed by atoms with E-state index in [9.17, 15) is 14.3 Å². The third-order valence-corrected chi connectivity index (χ3v) is 5.03. The number of piperidine rings is 1. The zero-order valence-corrected chi connectivity index (χ0v) is 12.7. The number of hydrogen-bond acceptors (Lipinski definition) is 3. The molecule has 0 unspecified atom stereocenters. The van der Waals surface area contributed by atoms with E-state index in [-0.39, 0.29) is 17.6 Å². The van der Waals surface area contributed by atoms with Crippen LogP contribution in [0, 0.1) is 11.7 Å². The van der Waals surface area contributed by atoms with Crippen LogP contribution in [0.15, 0.2) is 29.2 Å². The molecule has 0 aliphatic carbocycles. The van der Waals surface area contributed by atoms with Gasteiger partial charge in [0.25, 0.3) is 0 Å². The minimum atomic E-state index is -0.403. The number of halogens is 1. The van der Waals surface area contributed by atoms with E-state index in [1.54, 1.807) is 12.1 Å². The van der Waals surface area contributed by atoms with Crippen LogP contribution < -0.4 is 10.6 Å². The van der Waals surface area contributed by atoms with E-state index in [2.05, 4.69) is 0 Å². The number of carbonyl (C=O) groups excluding carboxylic acids is 1. The molecule has 1 saturated heterocycles. The smallest absolute Gasteiger partial charge is 0.220 e. The van der Waals surface area contributed by atoms with Crippen LogP contribution in [-0.4, -0.2) is 42.5 Å². The lowest BCUT2D eigenvalue weighted by Gasteiger charge is -2.29. The van der Waals surface area contributed by atoms with Gasteiger partial charge in [0, 0.05) is 29.4 Å². The van der Waals surface area contributed by atoms with Crippen LogP contribution in [0.5, 0.6) is 0 Å². The maximum atomic E-state index is 12.8. The lowest BCUT2D eigenvalue weighted by Crippen LogP contribution is -3.14. The fourth-order valence-electron chi connectivity index (χ4n) is 2.63. The minimum absolute atomic E-state index is 0.000479. The zero-order chi connectivity index (χ0) is 15.2. The van der Waals surface area contributed by atoms with E-state index in [1.165, 1.54) is 28.8 Å². The fraction of sp³-hybridized carbons (Fsp3) is 0.533. The van der Waals surface area contributed by atoms with Crippen molar-refractivity contribution in [2.75, 3.05) is 25.4 Å². The molecule has 0 bridgehead atoms. The number of nitrogens with two attached hydrogens (primary N) is 1. The van der Waals surface area contributed by atoms with Gasteiger partial charge in [-0.15, -0.1) is 11.8 Å². The summed E-state index contributed by atoms with van der Waals surface area (Å²) < 4.78 is 12.8. The topological polar surface area (TPSA) is 67.8 Å². The predicted molar refractivity (Wildman–Crippen MR) is 80.6 cm³/mol. The van der Waals surface area contributed by atoms with Crippen molar-refractivity contribution >= 4 is 17.7 Å². The van der Waals surface area contributed by atoms with E-state index in [0.29, 0.717) is 12.3 Å². The summed E-state index contributed by atoms with van der Waals surface area (Å²) >= 11 is 1.53. The SMILES string of the molecule is NC(=O)C1CC[NH+](C[C@@H](O)CSc2ccc(F)cc2)CC1. The number of thioether (sulfide) groups is 1. The fourth-order valence-corrected chi connectivity index (χ4v) is 3.46. The molecule has 0 saturated carbocycles. The number of rotatable bonds is 6. The molecule has 1 atom stereocenters. The molecule has 0 spiro atoms. The van der Waals surface area contributed by atoms with Crippen LogP contribution in [0.1, 0.15) is 12.8 Å². The summed E-state index contributed by atoms with van der Waals surface area (Å²) in [6.07, 6.45) is 1.21. The number of aliphatic hydroxyl groups excluding tert-OH is 1. The Morgan fingerprint density at radius 1 is 1.38 bits per heavy atom. The van der Waals surface area contributed by atoms with E-state index >= 15 is 0 Å². The van der Waals surface area contributed by atoms with Gasteiger partial charge in [-0.3, -0.25) is 4.79 Å². The minimum Gasteiger partial charge on any atom is -0.386 e. The van der Waals surface area contributed by atoms with E-state index in [4.69, 9.17) is 5.73 Å². The van der Waals surface area contributed by atoms with Crippen molar-refractivity contribution in [3.05, 3.63) is 30.1 Å². The molecular formula is C15H22FN2O2S+. The average molecular weight is 313 g/mol. The van der Waals surface area contributed by atoms with Crippen molar-refractivity contribution in [3.8, 4) is 0 Å². The molecule has 0 radical (unpaired) electrons. The third kappa shape index (κ3) is 5.30. The van der Waals surface area contributed by atoms with Gasteiger partial charge in [0.15, 0.2) is 0 Å². The standard InChI is InChI=1S/C15H21FN2O2S/c16-12-1-3-14(4-2-12)21-10-13(19)9-18-7-5-11(6-8-18)15(17)20/h1-4,11,13,19H,5-10H2,(H2,17,20)/p+1/t13-/m1/s1. The molecule has 1 aromatic rings. The van der Waals surface area contributed by atoms with Gasteiger partial charge in [-0.25, -0.2) is 4.39 Å². The van der Waals surface area contributed by atoms with Gasteiger partial charge in [0.2, 0.25) is 5.91 Å². The molecule has 1 heterocycles. The Morgan fingerprint density at radius 3 is 2.57 bits per heavy atom. The van der Waals surface area contributed by atoms with Crippen LogP contribution in [0.2, 0.25) is 0 Å². The second kappa shape index (κ2) is 7.77. The van der Waals surface area contributed by atoms with Crippen LogP contribution in [0.3, 0.4) is 0 Å². The molecule has 1 fully saturated rings. The number of benzene rings is 1. The average Bonchev–Trinajstić information content (AvgIpc) is 2.47. The summed E-state index contributed by atoms with van der Waals surface area (Å²) in [5.41, 5.74) is 5.31. The zero-order valence-electron chi connectivity index (χ0n) is 11.9. The van der Waals surface area contributed by atoms with Crippen molar-refractivity contribution in [2.24, 2.45) is 11.7 Å². The van der Waals surface area contributed by atoms with Gasteiger partial charge in [-0.2, -0.15) is 0 Å².